The van der Waals surface area contributed by atoms with Crippen LogP contribution in [0.2, 0.25) is 0 Å². The van der Waals surface area contributed by atoms with E-state index in [1.165, 1.54) is 0 Å². The Hall–Kier alpha value is -12.3. The summed E-state index contributed by atoms with van der Waals surface area (Å²) >= 11 is 0. The van der Waals surface area contributed by atoms with E-state index in [1.807, 2.05) is 137 Å². The zero-order chi connectivity index (χ0) is 66.5. The Balaban J connectivity index is 0.000000115. The molecule has 98 heavy (non-hydrogen) atoms. The molecule has 6 aromatic carbocycles. The van der Waals surface area contributed by atoms with E-state index in [4.69, 9.17) is 52.8 Å². The van der Waals surface area contributed by atoms with Crippen molar-refractivity contribution in [2.24, 2.45) is 17.6 Å². The Kier molecular flexibility index (Phi) is 15.8. The Morgan fingerprint density at radius 3 is 1.06 bits per heavy atom. The summed E-state index contributed by atoms with van der Waals surface area (Å²) in [5, 5.41) is 15.9. The van der Waals surface area contributed by atoms with Crippen LogP contribution >= 0.6 is 0 Å². The van der Waals surface area contributed by atoms with Crippen molar-refractivity contribution in [3.63, 3.8) is 0 Å². The fraction of sp³-hybridized carbons (Fsp3) is 0.167. The lowest BCUT2D eigenvalue weighted by molar-refractivity contribution is -0.145. The number of fused-ring (bicyclic) bond motifs is 6. The van der Waals surface area contributed by atoms with E-state index in [2.05, 4.69) is 97.5 Å². The molecule has 0 atom stereocenters. The van der Waals surface area contributed by atoms with E-state index in [0.717, 1.165) is 160 Å². The number of nitrogens with zero attached hydrogens (tertiary/aromatic N) is 12. The van der Waals surface area contributed by atoms with Gasteiger partial charge in [-0.15, -0.1) is 0 Å². The number of rotatable bonds is 11. The number of aromatic nitrogens is 12. The highest BCUT2D eigenvalue weighted by Crippen LogP contribution is 2.45. The fourth-order valence-corrected chi connectivity index (χ4v) is 14.0. The molecule has 0 unspecified atom stereocenters. The Labute approximate surface area is 562 Å². The maximum Gasteiger partial charge on any atom is 0.306 e. The molecular weight excluding hydrogens is 1220 g/mol. The zero-order valence-corrected chi connectivity index (χ0v) is 53.3. The fourth-order valence-electron chi connectivity index (χ4n) is 14.0. The van der Waals surface area contributed by atoms with Crippen LogP contribution in [-0.2, 0) is 9.59 Å². The Bertz CT molecular complexity index is 5310. The molecule has 10 heterocycles. The molecule has 1 aliphatic heterocycles. The number of pyridine rings is 3. The van der Waals surface area contributed by atoms with Crippen molar-refractivity contribution in [1.29, 1.82) is 0 Å². The van der Waals surface area contributed by atoms with Gasteiger partial charge < -0.3 is 33.4 Å². The number of hydrogen-bond donors (Lipinski definition) is 6. The van der Waals surface area contributed by atoms with Crippen molar-refractivity contribution in [1.82, 2.24) is 63.4 Å². The third-order valence-corrected chi connectivity index (χ3v) is 19.4. The summed E-state index contributed by atoms with van der Waals surface area (Å²) in [6.45, 7) is 2.02. The summed E-state index contributed by atoms with van der Waals surface area (Å²) in [6.07, 6.45) is 15.5. The number of carboxylic acid groups (broad SMARTS) is 1. The summed E-state index contributed by atoms with van der Waals surface area (Å²) in [6, 6.07) is 61.4. The Morgan fingerprint density at radius 1 is 0.398 bits per heavy atom. The molecule has 20 nitrogen and oxygen atoms in total. The number of nitrogens with two attached hydrogens (primary N) is 4. The molecule has 0 spiro atoms. The molecule has 2 saturated carbocycles. The van der Waals surface area contributed by atoms with Gasteiger partial charge in [0, 0.05) is 110 Å². The van der Waals surface area contributed by atoms with E-state index in [9.17, 15) is 14.7 Å². The second kappa shape index (κ2) is 25.5. The molecule has 482 valence electrons. The first kappa shape index (κ1) is 60.6. The second-order valence-corrected chi connectivity index (χ2v) is 25.5. The molecule has 15 aromatic rings. The molecule has 1 saturated heterocycles. The molecule has 0 bridgehead atoms. The molecule has 3 fully saturated rings. The molecule has 9 aromatic heterocycles. The number of aliphatic carboxylic acids is 1. The SMILES string of the molecule is NC(=O)C1CC(c2nc(-c3ccc4ccc(-c5ccccc5)nc4c3)c3c(N)nccn23)C1.Nc1nccn2c(C3CC(C(=O)O)C3)nc(-c3ccc4ccc(-c5ccccc5)nc4c3)c12.Nc1nccn2c(C3CCNCC3)nc(-c3ccc4ccc(-c5ccccc5)nc4c3)c12. The third kappa shape index (κ3) is 11.4. The topological polar surface area (TPSA) is 300 Å². The van der Waals surface area contributed by atoms with Crippen LogP contribution < -0.4 is 28.3 Å². The molecule has 2 aliphatic carbocycles. The molecular formula is C78H67N17O3. The lowest BCUT2D eigenvalue weighted by atomic mass is 9.74. The molecule has 20 heteroatoms. The van der Waals surface area contributed by atoms with Crippen molar-refractivity contribution in [2.75, 3.05) is 30.3 Å². The number of anilines is 3. The van der Waals surface area contributed by atoms with Crippen molar-refractivity contribution in [3.8, 4) is 67.5 Å². The average molecular weight is 1290 g/mol. The standard InChI is InChI=1S/C26H22N6O.C26H24N6.C26H21N5O2/c27-24-23-22(31-26(32(23)11-10-29-24)19-12-18(13-19)25(28)33)17-7-6-16-8-9-20(30-21(16)14-17)15-4-2-1-3-5-15;27-25-24-23(31-26(32(24)15-14-29-25)19-10-12-28-13-11-19)20-7-6-18-8-9-21(30-22(18)16-20)17-4-2-1-3-5-17;27-24-23-22(30-25(31(23)11-10-28-24)18-12-19(13-18)26(32)33)17-7-6-16-8-9-20(29-21(16)14-17)15-4-2-1-3-5-15/h1-11,14,18-19H,12-13H2,(H2,27,29)(H2,28,33);1-9,14-16,19,28H,10-13H2,(H2,27,29);1-11,14,18-19H,12-13H2,(H2,27,28)(H,32,33). The minimum Gasteiger partial charge on any atom is -0.481 e. The van der Waals surface area contributed by atoms with Gasteiger partial charge in [-0.2, -0.15) is 0 Å². The van der Waals surface area contributed by atoms with Crippen LogP contribution in [0.25, 0.3) is 117 Å². The van der Waals surface area contributed by atoms with Crippen molar-refractivity contribution in [2.45, 2.75) is 56.3 Å². The minimum absolute atomic E-state index is 0.0809. The number of benzene rings is 6. The summed E-state index contributed by atoms with van der Waals surface area (Å²) in [7, 11) is 0. The quantitative estimate of drug-likeness (QED) is 0.0701. The predicted octanol–water partition coefficient (Wildman–Crippen LogP) is 13.6. The minimum atomic E-state index is -0.747. The van der Waals surface area contributed by atoms with Crippen LogP contribution in [0.1, 0.15) is 73.8 Å². The lowest BCUT2D eigenvalue weighted by Gasteiger charge is -2.31. The van der Waals surface area contributed by atoms with E-state index in [1.54, 1.807) is 18.6 Å². The lowest BCUT2D eigenvalue weighted by Crippen LogP contribution is -2.34. The van der Waals surface area contributed by atoms with Gasteiger partial charge in [-0.1, -0.05) is 146 Å². The van der Waals surface area contributed by atoms with E-state index >= 15 is 0 Å². The summed E-state index contributed by atoms with van der Waals surface area (Å²) in [5.74, 6) is 3.35. The number of piperidine rings is 1. The predicted molar refractivity (Wildman–Crippen MR) is 383 cm³/mol. The van der Waals surface area contributed by atoms with Gasteiger partial charge in [0.1, 0.15) is 68.6 Å². The van der Waals surface area contributed by atoms with E-state index < -0.39 is 5.97 Å². The molecule has 18 rings (SSSR count). The first-order valence-corrected chi connectivity index (χ1v) is 32.9. The highest BCUT2D eigenvalue weighted by atomic mass is 16.4. The number of nitrogen functional groups attached to an aromatic ring is 3. The number of carbonyl (C=O) groups is 2. The number of imidazole rings is 3. The van der Waals surface area contributed by atoms with Gasteiger partial charge in [-0.05, 0) is 88.0 Å². The number of hydrogen-bond acceptors (Lipinski definition) is 15. The monoisotopic (exact) mass is 1290 g/mol. The van der Waals surface area contributed by atoms with Crippen molar-refractivity contribution < 1.29 is 14.7 Å². The van der Waals surface area contributed by atoms with Gasteiger partial charge in [-0.25, -0.2) is 44.9 Å². The van der Waals surface area contributed by atoms with Crippen LogP contribution in [0.3, 0.4) is 0 Å². The molecule has 10 N–H and O–H groups in total. The van der Waals surface area contributed by atoms with Gasteiger partial charge >= 0.3 is 5.97 Å². The number of carboxylic acids is 1. The smallest absolute Gasteiger partial charge is 0.306 e. The number of nitrogens with one attached hydrogen (secondary N) is 1. The van der Waals surface area contributed by atoms with Gasteiger partial charge in [0.25, 0.3) is 0 Å². The molecule has 0 radical (unpaired) electrons. The molecule has 3 aliphatic rings. The largest absolute Gasteiger partial charge is 0.481 e. The maximum absolute atomic E-state index is 11.5. The van der Waals surface area contributed by atoms with Gasteiger partial charge in [-0.3, -0.25) is 22.8 Å². The highest BCUT2D eigenvalue weighted by molar-refractivity contribution is 5.95. The van der Waals surface area contributed by atoms with Gasteiger partial charge in [0.15, 0.2) is 0 Å². The summed E-state index contributed by atoms with van der Waals surface area (Å²) in [4.78, 5) is 65.5. The Morgan fingerprint density at radius 2 is 0.724 bits per heavy atom. The highest BCUT2D eigenvalue weighted by Gasteiger charge is 2.39. The second-order valence-electron chi connectivity index (χ2n) is 25.5. The van der Waals surface area contributed by atoms with E-state index in [0.29, 0.717) is 49.1 Å². The number of amides is 1. The van der Waals surface area contributed by atoms with Crippen LogP contribution in [0, 0.1) is 11.8 Å². The normalized spacial score (nSPS) is 16.9. The van der Waals surface area contributed by atoms with Gasteiger partial charge in [0.2, 0.25) is 5.91 Å². The summed E-state index contributed by atoms with van der Waals surface area (Å²) < 4.78 is 6.08. The summed E-state index contributed by atoms with van der Waals surface area (Å²) in [5.41, 5.74) is 40.7. The first-order valence-electron chi connectivity index (χ1n) is 32.9. The first-order chi connectivity index (χ1) is 47.9. The average Bonchev–Trinajstić information content (AvgIpc) is 1.59. The zero-order valence-electron chi connectivity index (χ0n) is 53.3. The van der Waals surface area contributed by atoms with Crippen LogP contribution in [0.15, 0.2) is 219 Å². The number of carbonyl (C=O) groups excluding carboxylic acids is 1. The maximum atomic E-state index is 11.5. The van der Waals surface area contributed by atoms with Crippen molar-refractivity contribution in [3.05, 3.63) is 237 Å². The van der Waals surface area contributed by atoms with Crippen LogP contribution in [-0.4, -0.2) is 88.1 Å². The number of primary amides is 1. The third-order valence-electron chi connectivity index (χ3n) is 19.4. The molecule has 1 amide bonds. The van der Waals surface area contributed by atoms with Crippen LogP contribution in [0.4, 0.5) is 17.5 Å². The van der Waals surface area contributed by atoms with Crippen molar-refractivity contribution >= 4 is 78.6 Å². The van der Waals surface area contributed by atoms with E-state index in [-0.39, 0.29) is 29.6 Å². The van der Waals surface area contributed by atoms with Crippen LogP contribution in [0.5, 0.6) is 0 Å². The van der Waals surface area contributed by atoms with Gasteiger partial charge in [0.05, 0.1) is 39.5 Å².